The Balaban J connectivity index is 0.00000272. The summed E-state index contributed by atoms with van der Waals surface area (Å²) >= 11 is 0. The number of halogens is 1. The number of aryl methyl sites for hydroxylation is 1. The molecule has 6 nitrogen and oxygen atoms in total. The van der Waals surface area contributed by atoms with E-state index in [-0.39, 0.29) is 30.3 Å². The molecule has 0 saturated heterocycles. The number of carbonyl (C=O) groups excluding carboxylic acids is 2. The van der Waals surface area contributed by atoms with Crippen molar-refractivity contribution in [2.45, 2.75) is 38.4 Å². The highest BCUT2D eigenvalue weighted by atomic mass is 35.5. The highest BCUT2D eigenvalue weighted by Crippen LogP contribution is 2.30. The minimum Gasteiger partial charge on any atom is -0.343 e. The van der Waals surface area contributed by atoms with Gasteiger partial charge in [0.15, 0.2) is 0 Å². The highest BCUT2D eigenvalue weighted by molar-refractivity contribution is 6.01. The number of fused-ring (bicyclic) bond motifs is 2. The molecule has 1 aromatic heterocycles. The minimum atomic E-state index is -0.561. The Morgan fingerprint density at radius 3 is 2.77 bits per heavy atom. The van der Waals surface area contributed by atoms with E-state index in [9.17, 15) is 9.59 Å². The van der Waals surface area contributed by atoms with Crippen molar-refractivity contribution < 1.29 is 9.59 Å². The molecule has 0 bridgehead atoms. The van der Waals surface area contributed by atoms with Crippen LogP contribution in [0.2, 0.25) is 0 Å². The summed E-state index contributed by atoms with van der Waals surface area (Å²) in [5.74, 6) is -0.256. The summed E-state index contributed by atoms with van der Waals surface area (Å²) in [6, 6.07) is 17.0. The van der Waals surface area contributed by atoms with Gasteiger partial charge in [0.1, 0.15) is 6.04 Å². The van der Waals surface area contributed by atoms with Crippen molar-refractivity contribution in [2.75, 3.05) is 11.9 Å². The summed E-state index contributed by atoms with van der Waals surface area (Å²) in [6.07, 6.45) is 3.08. The van der Waals surface area contributed by atoms with E-state index in [1.54, 1.807) is 25.1 Å². The molecule has 0 fully saturated rings. The fraction of sp³-hybridized carbons (Fsp3) is 0.292. The molecule has 1 aliphatic heterocycles. The van der Waals surface area contributed by atoms with Gasteiger partial charge in [-0.3, -0.25) is 14.6 Å². The maximum absolute atomic E-state index is 13.6. The quantitative estimate of drug-likeness (QED) is 0.641. The second-order valence-electron chi connectivity index (χ2n) is 7.65. The first-order valence-corrected chi connectivity index (χ1v) is 10.3. The second-order valence-corrected chi connectivity index (χ2v) is 7.65. The summed E-state index contributed by atoms with van der Waals surface area (Å²) in [5, 5.41) is 6.90. The van der Waals surface area contributed by atoms with Crippen LogP contribution < -0.4 is 15.5 Å². The van der Waals surface area contributed by atoms with Gasteiger partial charge in [0.25, 0.3) is 0 Å². The highest BCUT2D eigenvalue weighted by Gasteiger charge is 2.32. The maximum Gasteiger partial charge on any atom is 0.249 e. The third kappa shape index (κ3) is 4.70. The van der Waals surface area contributed by atoms with Gasteiger partial charge in [-0.15, -0.1) is 12.4 Å². The number of anilines is 1. The van der Waals surface area contributed by atoms with Gasteiger partial charge in [0.2, 0.25) is 11.8 Å². The Morgan fingerprint density at radius 1 is 1.16 bits per heavy atom. The van der Waals surface area contributed by atoms with Gasteiger partial charge in [-0.1, -0.05) is 36.4 Å². The van der Waals surface area contributed by atoms with Crippen LogP contribution in [0.25, 0.3) is 10.9 Å². The number of nitrogens with zero attached hydrogens (tertiary/aromatic N) is 2. The van der Waals surface area contributed by atoms with Crippen molar-refractivity contribution in [3.8, 4) is 0 Å². The molecule has 2 amide bonds. The molecule has 0 saturated carbocycles. The van der Waals surface area contributed by atoms with Crippen LogP contribution in [-0.4, -0.2) is 35.9 Å². The number of nitrogens with one attached hydrogen (secondary N) is 2. The molecule has 31 heavy (non-hydrogen) atoms. The van der Waals surface area contributed by atoms with Gasteiger partial charge in [-0.05, 0) is 56.1 Å². The number of aromatic nitrogens is 1. The molecule has 2 atom stereocenters. The Bertz CT molecular complexity index is 1080. The molecule has 2 N–H and O–H groups in total. The van der Waals surface area contributed by atoms with Crippen LogP contribution in [0.3, 0.4) is 0 Å². The van der Waals surface area contributed by atoms with Crippen molar-refractivity contribution in [3.05, 3.63) is 71.9 Å². The van der Waals surface area contributed by atoms with Gasteiger partial charge < -0.3 is 15.5 Å². The van der Waals surface area contributed by atoms with Gasteiger partial charge in [0, 0.05) is 17.3 Å². The van der Waals surface area contributed by atoms with Crippen LogP contribution in [0.1, 0.15) is 24.5 Å². The smallest absolute Gasteiger partial charge is 0.249 e. The van der Waals surface area contributed by atoms with E-state index in [4.69, 9.17) is 0 Å². The third-order valence-electron chi connectivity index (χ3n) is 5.76. The SMILES string of the molecule is CN[C@@H](C)C(=O)N[C@H]1CCc2ccccc2N(Cc2cccc3ncccc23)C1=O.Cl. The lowest BCUT2D eigenvalue weighted by Crippen LogP contribution is -2.52. The summed E-state index contributed by atoms with van der Waals surface area (Å²) in [5.41, 5.74) is 3.95. The van der Waals surface area contributed by atoms with Crippen LogP contribution in [-0.2, 0) is 22.6 Å². The topological polar surface area (TPSA) is 74.3 Å². The Labute approximate surface area is 188 Å². The Hall–Kier alpha value is -2.96. The summed E-state index contributed by atoms with van der Waals surface area (Å²) in [4.78, 5) is 32.3. The first-order valence-electron chi connectivity index (χ1n) is 10.3. The van der Waals surface area contributed by atoms with E-state index < -0.39 is 6.04 Å². The fourth-order valence-electron chi connectivity index (χ4n) is 3.92. The van der Waals surface area contributed by atoms with Crippen molar-refractivity contribution in [1.29, 1.82) is 0 Å². The van der Waals surface area contributed by atoms with Crippen molar-refractivity contribution >= 4 is 40.8 Å². The Morgan fingerprint density at radius 2 is 1.97 bits per heavy atom. The number of rotatable bonds is 5. The number of para-hydroxylation sites is 1. The average Bonchev–Trinajstić information content (AvgIpc) is 2.91. The van der Waals surface area contributed by atoms with Gasteiger partial charge in [0.05, 0.1) is 18.1 Å². The standard InChI is InChI=1S/C24H26N4O2.ClH/c1-16(25-2)23(29)27-21-13-12-17-7-3-4-11-22(17)28(24(21)30)15-18-8-5-10-20-19(18)9-6-14-26-20;/h3-11,14,16,21,25H,12-13,15H2,1-2H3,(H,27,29);1H/t16-,21-;/m0./s1. The van der Waals surface area contributed by atoms with E-state index in [1.165, 1.54) is 0 Å². The number of hydrogen-bond acceptors (Lipinski definition) is 4. The maximum atomic E-state index is 13.6. The number of amides is 2. The lowest BCUT2D eigenvalue weighted by Gasteiger charge is -2.27. The number of hydrogen-bond donors (Lipinski definition) is 2. The molecule has 2 heterocycles. The monoisotopic (exact) mass is 438 g/mol. The molecule has 3 aromatic rings. The number of likely N-dealkylation sites (N-methyl/N-ethyl adjacent to an activating group) is 1. The van der Waals surface area contributed by atoms with Gasteiger partial charge in [-0.2, -0.15) is 0 Å². The molecule has 2 aromatic carbocycles. The van der Waals surface area contributed by atoms with Gasteiger partial charge >= 0.3 is 0 Å². The zero-order chi connectivity index (χ0) is 21.1. The first-order chi connectivity index (χ1) is 14.6. The van der Waals surface area contributed by atoms with Crippen molar-refractivity contribution in [2.24, 2.45) is 0 Å². The number of carbonyl (C=O) groups is 2. The molecular weight excluding hydrogens is 412 g/mol. The molecule has 0 aliphatic carbocycles. The third-order valence-corrected chi connectivity index (χ3v) is 5.76. The van der Waals surface area contributed by atoms with E-state index in [2.05, 4.69) is 21.7 Å². The number of pyridine rings is 1. The van der Waals surface area contributed by atoms with Crippen LogP contribution in [0, 0.1) is 0 Å². The lowest BCUT2D eigenvalue weighted by molar-refractivity contribution is -0.128. The molecule has 4 rings (SSSR count). The lowest BCUT2D eigenvalue weighted by atomic mass is 10.1. The van der Waals surface area contributed by atoms with Crippen LogP contribution in [0.15, 0.2) is 60.8 Å². The van der Waals surface area contributed by atoms with Crippen molar-refractivity contribution in [3.63, 3.8) is 0 Å². The van der Waals surface area contributed by atoms with E-state index in [0.717, 1.165) is 34.1 Å². The summed E-state index contributed by atoms with van der Waals surface area (Å²) < 4.78 is 0. The molecule has 0 radical (unpaired) electrons. The average molecular weight is 439 g/mol. The normalized spacial score (nSPS) is 16.8. The van der Waals surface area contributed by atoms with E-state index in [0.29, 0.717) is 13.0 Å². The minimum absolute atomic E-state index is 0. The van der Waals surface area contributed by atoms with Crippen LogP contribution in [0.5, 0.6) is 0 Å². The zero-order valence-corrected chi connectivity index (χ0v) is 18.5. The molecule has 7 heteroatoms. The summed E-state index contributed by atoms with van der Waals surface area (Å²) in [7, 11) is 1.73. The molecule has 1 aliphatic rings. The molecule has 0 unspecified atom stereocenters. The van der Waals surface area contributed by atoms with E-state index >= 15 is 0 Å². The number of benzene rings is 2. The molecular formula is C24H27ClN4O2. The first kappa shape index (κ1) is 22.7. The predicted octanol–water partition coefficient (Wildman–Crippen LogP) is 3.23. The van der Waals surface area contributed by atoms with Gasteiger partial charge in [-0.25, -0.2) is 0 Å². The van der Waals surface area contributed by atoms with E-state index in [1.807, 2.05) is 48.5 Å². The Kier molecular flexibility index (Phi) is 7.25. The molecule has 162 valence electrons. The fourth-order valence-corrected chi connectivity index (χ4v) is 3.92. The molecule has 0 spiro atoms. The van der Waals surface area contributed by atoms with Crippen molar-refractivity contribution in [1.82, 2.24) is 15.6 Å². The second kappa shape index (κ2) is 9.90. The zero-order valence-electron chi connectivity index (χ0n) is 17.7. The van der Waals surface area contributed by atoms with Crippen LogP contribution >= 0.6 is 12.4 Å². The predicted molar refractivity (Wildman–Crippen MR) is 125 cm³/mol. The van der Waals surface area contributed by atoms with Crippen LogP contribution in [0.4, 0.5) is 5.69 Å². The summed E-state index contributed by atoms with van der Waals surface area (Å²) in [6.45, 7) is 2.21. The largest absolute Gasteiger partial charge is 0.343 e.